The minimum Gasteiger partial charge on any atom is -0.464 e. The number of carbonyl (C=O) groups excluding carboxylic acids is 2. The standard InChI is InChI=1S/C17H26N2O4/c1-13(2)12-22-15(20)14-8-7-11-19(14)23-16(21)18-17(3)9-5-4-6-10-17/h4-6,9,13-14H,7-8,10-12H2,1-3H3,(H,18,21)/t14-,17?/m0/s1. The summed E-state index contributed by atoms with van der Waals surface area (Å²) in [5.74, 6) is -0.0418. The zero-order valence-corrected chi connectivity index (χ0v) is 14.1. The predicted octanol–water partition coefficient (Wildman–Crippen LogP) is 2.57. The first-order valence-corrected chi connectivity index (χ1v) is 8.17. The molecule has 1 aliphatic carbocycles. The smallest absolute Gasteiger partial charge is 0.427 e. The van der Waals surface area contributed by atoms with Crippen LogP contribution in [0.1, 0.15) is 40.0 Å². The van der Waals surface area contributed by atoms with Crippen LogP contribution in [0.5, 0.6) is 0 Å². The predicted molar refractivity (Wildman–Crippen MR) is 86.4 cm³/mol. The second-order valence-corrected chi connectivity index (χ2v) is 6.74. The number of esters is 1. The van der Waals surface area contributed by atoms with Gasteiger partial charge in [-0.25, -0.2) is 4.79 Å². The van der Waals surface area contributed by atoms with E-state index < -0.39 is 17.7 Å². The van der Waals surface area contributed by atoms with Crippen LogP contribution >= 0.6 is 0 Å². The van der Waals surface area contributed by atoms with Crippen LogP contribution in [0.25, 0.3) is 0 Å². The van der Waals surface area contributed by atoms with E-state index in [2.05, 4.69) is 5.32 Å². The Bertz CT molecular complexity index is 501. The molecular weight excluding hydrogens is 296 g/mol. The second kappa shape index (κ2) is 7.64. The second-order valence-electron chi connectivity index (χ2n) is 6.74. The molecule has 1 unspecified atom stereocenters. The first kappa shape index (κ1) is 17.5. The maximum absolute atomic E-state index is 12.1. The summed E-state index contributed by atoms with van der Waals surface area (Å²) in [6.45, 7) is 6.81. The Kier molecular flexibility index (Phi) is 5.82. The van der Waals surface area contributed by atoms with E-state index in [9.17, 15) is 9.59 Å². The third kappa shape index (κ3) is 5.10. The van der Waals surface area contributed by atoms with E-state index in [-0.39, 0.29) is 11.9 Å². The van der Waals surface area contributed by atoms with Crippen molar-refractivity contribution in [2.45, 2.75) is 51.6 Å². The highest BCUT2D eigenvalue weighted by Crippen LogP contribution is 2.21. The van der Waals surface area contributed by atoms with Crippen LogP contribution in [-0.4, -0.2) is 41.9 Å². The summed E-state index contributed by atoms with van der Waals surface area (Å²) in [5, 5.41) is 4.27. The third-order valence-electron chi connectivity index (χ3n) is 3.88. The van der Waals surface area contributed by atoms with Crippen molar-refractivity contribution >= 4 is 12.1 Å². The van der Waals surface area contributed by atoms with Crippen molar-refractivity contribution in [2.24, 2.45) is 5.92 Å². The fraction of sp³-hybridized carbons (Fsp3) is 0.647. The van der Waals surface area contributed by atoms with E-state index in [1.54, 1.807) is 0 Å². The first-order valence-electron chi connectivity index (χ1n) is 8.17. The van der Waals surface area contributed by atoms with Crippen LogP contribution < -0.4 is 5.32 Å². The number of hydroxylamine groups is 2. The fourth-order valence-corrected chi connectivity index (χ4v) is 2.61. The van der Waals surface area contributed by atoms with Crippen LogP contribution in [0.4, 0.5) is 4.79 Å². The average molecular weight is 322 g/mol. The number of nitrogens with zero attached hydrogens (tertiary/aromatic N) is 1. The highest BCUT2D eigenvalue weighted by atomic mass is 16.7. The van der Waals surface area contributed by atoms with E-state index in [0.717, 1.165) is 6.42 Å². The van der Waals surface area contributed by atoms with E-state index >= 15 is 0 Å². The molecule has 1 heterocycles. The maximum Gasteiger partial charge on any atom is 0.427 e. The summed E-state index contributed by atoms with van der Waals surface area (Å²) in [7, 11) is 0. The molecule has 1 aliphatic heterocycles. The van der Waals surface area contributed by atoms with Crippen LogP contribution in [0.3, 0.4) is 0 Å². The van der Waals surface area contributed by atoms with Crippen molar-refractivity contribution in [1.29, 1.82) is 0 Å². The van der Waals surface area contributed by atoms with E-state index in [0.29, 0.717) is 26.0 Å². The number of hydrogen-bond acceptors (Lipinski definition) is 5. The van der Waals surface area contributed by atoms with Crippen molar-refractivity contribution in [2.75, 3.05) is 13.2 Å². The van der Waals surface area contributed by atoms with Gasteiger partial charge in [-0.3, -0.25) is 4.79 Å². The van der Waals surface area contributed by atoms with Crippen LogP contribution in [0, 0.1) is 5.92 Å². The molecule has 1 fully saturated rings. The molecule has 6 nitrogen and oxygen atoms in total. The molecule has 0 spiro atoms. The molecule has 1 saturated heterocycles. The average Bonchev–Trinajstić information content (AvgIpc) is 2.92. The minimum atomic E-state index is -0.545. The van der Waals surface area contributed by atoms with Gasteiger partial charge < -0.3 is 14.9 Å². The highest BCUT2D eigenvalue weighted by molar-refractivity contribution is 5.76. The van der Waals surface area contributed by atoms with Gasteiger partial charge in [-0.1, -0.05) is 38.2 Å². The Hall–Kier alpha value is -1.82. The van der Waals surface area contributed by atoms with Gasteiger partial charge in [-0.05, 0) is 32.1 Å². The number of carbonyl (C=O) groups is 2. The lowest BCUT2D eigenvalue weighted by molar-refractivity contribution is -0.168. The molecule has 0 saturated carbocycles. The van der Waals surface area contributed by atoms with Crippen LogP contribution in [-0.2, 0) is 14.4 Å². The zero-order valence-electron chi connectivity index (χ0n) is 14.1. The Labute approximate surface area is 137 Å². The molecule has 0 bridgehead atoms. The van der Waals surface area contributed by atoms with E-state index in [1.165, 1.54) is 5.06 Å². The van der Waals surface area contributed by atoms with Gasteiger partial charge in [0.05, 0.1) is 12.1 Å². The lowest BCUT2D eigenvalue weighted by Gasteiger charge is -2.29. The molecule has 1 amide bonds. The van der Waals surface area contributed by atoms with Crippen LogP contribution in [0.15, 0.2) is 24.3 Å². The summed E-state index contributed by atoms with van der Waals surface area (Å²) in [6, 6.07) is -0.505. The van der Waals surface area contributed by atoms with Gasteiger partial charge in [0.1, 0.15) is 6.04 Å². The van der Waals surface area contributed by atoms with Crippen molar-refractivity contribution in [3.8, 4) is 0 Å². The Morgan fingerprint density at radius 1 is 1.39 bits per heavy atom. The van der Waals surface area contributed by atoms with Gasteiger partial charge in [-0.2, -0.15) is 0 Å². The number of amides is 1. The summed E-state index contributed by atoms with van der Waals surface area (Å²) in [4.78, 5) is 29.6. The molecule has 0 radical (unpaired) electrons. The van der Waals surface area contributed by atoms with Crippen molar-refractivity contribution < 1.29 is 19.2 Å². The van der Waals surface area contributed by atoms with Crippen LogP contribution in [0.2, 0.25) is 0 Å². The largest absolute Gasteiger partial charge is 0.464 e. The molecule has 0 aromatic carbocycles. The lowest BCUT2D eigenvalue weighted by atomic mass is 9.94. The Morgan fingerprint density at radius 3 is 2.83 bits per heavy atom. The van der Waals surface area contributed by atoms with Gasteiger partial charge in [0, 0.05) is 6.54 Å². The topological polar surface area (TPSA) is 67.9 Å². The molecule has 0 aromatic rings. The van der Waals surface area contributed by atoms with Crippen molar-refractivity contribution in [1.82, 2.24) is 10.4 Å². The number of hydrogen-bond donors (Lipinski definition) is 1. The minimum absolute atomic E-state index is 0.282. The van der Waals surface area contributed by atoms with E-state index in [1.807, 2.05) is 45.1 Å². The summed E-state index contributed by atoms with van der Waals surface area (Å²) in [6.07, 6.45) is 9.35. The number of rotatable bonds is 5. The Balaban J connectivity index is 1.85. The third-order valence-corrected chi connectivity index (χ3v) is 3.88. The first-order chi connectivity index (χ1) is 10.9. The monoisotopic (exact) mass is 322 g/mol. The molecule has 6 heteroatoms. The van der Waals surface area contributed by atoms with Crippen molar-refractivity contribution in [3.05, 3.63) is 24.3 Å². The lowest BCUT2D eigenvalue weighted by Crippen LogP contribution is -2.48. The van der Waals surface area contributed by atoms with Gasteiger partial charge in [0.25, 0.3) is 0 Å². The van der Waals surface area contributed by atoms with Gasteiger partial charge >= 0.3 is 12.1 Å². The molecule has 2 atom stereocenters. The van der Waals surface area contributed by atoms with Gasteiger partial charge in [0.2, 0.25) is 0 Å². The Morgan fingerprint density at radius 2 is 2.17 bits per heavy atom. The van der Waals surface area contributed by atoms with E-state index in [4.69, 9.17) is 9.57 Å². The van der Waals surface area contributed by atoms with Crippen molar-refractivity contribution in [3.63, 3.8) is 0 Å². The number of ether oxygens (including phenoxy) is 1. The number of allylic oxidation sites excluding steroid dienone is 2. The molecule has 2 rings (SSSR count). The zero-order chi connectivity index (χ0) is 16.9. The SMILES string of the molecule is CC(C)COC(=O)[C@@H]1CCCN1OC(=O)NC1(C)C=CC=CC1. The molecule has 1 N–H and O–H groups in total. The highest BCUT2D eigenvalue weighted by Gasteiger charge is 2.36. The molecular formula is C17H26N2O4. The molecule has 2 aliphatic rings. The fourth-order valence-electron chi connectivity index (χ4n) is 2.61. The molecule has 0 aromatic heterocycles. The maximum atomic E-state index is 12.1. The van der Waals surface area contributed by atoms with Gasteiger partial charge in [0.15, 0.2) is 0 Å². The summed E-state index contributed by atoms with van der Waals surface area (Å²) in [5.41, 5.74) is -0.459. The normalized spacial score (nSPS) is 27.2. The quantitative estimate of drug-likeness (QED) is 0.788. The molecule has 23 heavy (non-hydrogen) atoms. The van der Waals surface area contributed by atoms with Gasteiger partial charge in [-0.15, -0.1) is 5.06 Å². The molecule has 128 valence electrons. The summed E-state index contributed by atoms with van der Waals surface area (Å²) >= 11 is 0. The summed E-state index contributed by atoms with van der Waals surface area (Å²) < 4.78 is 5.26. The number of nitrogens with one attached hydrogen (secondary N) is 1.